The van der Waals surface area contributed by atoms with Gasteiger partial charge in [-0.05, 0) is 0 Å². The predicted molar refractivity (Wildman–Crippen MR) is 40.8 cm³/mol. The monoisotopic (exact) mass is 194 g/mol. The molecule has 0 saturated carbocycles. The first-order chi connectivity index (χ1) is 6.11. The summed E-state index contributed by atoms with van der Waals surface area (Å²) in [5.74, 6) is 0. The van der Waals surface area contributed by atoms with E-state index in [1.807, 2.05) is 0 Å². The molecule has 1 heterocycles. The van der Waals surface area contributed by atoms with Crippen LogP contribution < -0.4 is 0 Å². The van der Waals surface area contributed by atoms with Gasteiger partial charge in [0.1, 0.15) is 24.4 Å². The molecule has 0 aromatic carbocycles. The van der Waals surface area contributed by atoms with E-state index in [1.54, 1.807) is 0 Å². The van der Waals surface area contributed by atoms with Crippen LogP contribution in [-0.4, -0.2) is 64.8 Å². The lowest BCUT2D eigenvalue weighted by Gasteiger charge is -2.38. The van der Waals surface area contributed by atoms with Gasteiger partial charge in [-0.15, -0.1) is 0 Å². The van der Waals surface area contributed by atoms with Gasteiger partial charge in [-0.1, -0.05) is 0 Å². The summed E-state index contributed by atoms with van der Waals surface area (Å²) in [5, 5.41) is 36.6. The topological polar surface area (TPSA) is 99.4 Å². The van der Waals surface area contributed by atoms with Gasteiger partial charge in [0.15, 0.2) is 6.29 Å². The zero-order valence-corrected chi connectivity index (χ0v) is 7.20. The Balaban J connectivity index is 2.66. The maximum Gasteiger partial charge on any atom is 0.186 e. The highest BCUT2D eigenvalue weighted by Crippen LogP contribution is 2.20. The Labute approximate surface area is 75.3 Å². The molecular formula is C7H14O6. The molecule has 1 saturated heterocycles. The molecule has 3 unspecified atom stereocenters. The summed E-state index contributed by atoms with van der Waals surface area (Å²) in [6.07, 6.45) is -5.91. The summed E-state index contributed by atoms with van der Waals surface area (Å²) in [6.45, 7) is -0.440. The molecule has 0 radical (unpaired) electrons. The molecule has 0 amide bonds. The lowest BCUT2D eigenvalue weighted by atomic mass is 9.99. The minimum absolute atomic E-state index is 0.440. The van der Waals surface area contributed by atoms with Crippen LogP contribution in [0.3, 0.4) is 0 Å². The quantitative estimate of drug-likeness (QED) is 0.386. The molecule has 0 bridgehead atoms. The largest absolute Gasteiger partial charge is 0.394 e. The Hall–Kier alpha value is -0.240. The van der Waals surface area contributed by atoms with Crippen LogP contribution in [0.2, 0.25) is 0 Å². The van der Waals surface area contributed by atoms with Gasteiger partial charge in [0.25, 0.3) is 0 Å². The third-order valence-corrected chi connectivity index (χ3v) is 2.08. The Bertz CT molecular complexity index is 143. The average Bonchev–Trinajstić information content (AvgIpc) is 2.15. The van der Waals surface area contributed by atoms with Crippen LogP contribution >= 0.6 is 0 Å². The molecule has 1 aliphatic rings. The van der Waals surface area contributed by atoms with Crippen LogP contribution in [0.4, 0.5) is 0 Å². The van der Waals surface area contributed by atoms with Crippen molar-refractivity contribution in [1.82, 2.24) is 0 Å². The van der Waals surface area contributed by atoms with Gasteiger partial charge in [0.2, 0.25) is 0 Å². The van der Waals surface area contributed by atoms with E-state index >= 15 is 0 Å². The maximum atomic E-state index is 9.28. The Morgan fingerprint density at radius 3 is 2.23 bits per heavy atom. The summed E-state index contributed by atoms with van der Waals surface area (Å²) >= 11 is 0. The Morgan fingerprint density at radius 1 is 1.15 bits per heavy atom. The second kappa shape index (κ2) is 4.32. The van der Waals surface area contributed by atoms with E-state index in [1.165, 1.54) is 7.11 Å². The van der Waals surface area contributed by atoms with Gasteiger partial charge in [0.05, 0.1) is 6.61 Å². The van der Waals surface area contributed by atoms with E-state index in [4.69, 9.17) is 14.6 Å². The SMILES string of the molecule is COC1O[C@H](CO)C(O)[C@@H](O)C1O. The first kappa shape index (κ1) is 10.8. The summed E-state index contributed by atoms with van der Waals surface area (Å²) in [6, 6.07) is 0. The van der Waals surface area contributed by atoms with Crippen molar-refractivity contribution in [3.63, 3.8) is 0 Å². The van der Waals surface area contributed by atoms with Gasteiger partial charge in [-0.2, -0.15) is 0 Å². The van der Waals surface area contributed by atoms with Crippen molar-refractivity contribution in [3.8, 4) is 0 Å². The first-order valence-electron chi connectivity index (χ1n) is 3.95. The minimum atomic E-state index is -1.36. The highest BCUT2D eigenvalue weighted by Gasteiger charge is 2.43. The molecule has 6 nitrogen and oxygen atoms in total. The molecule has 1 fully saturated rings. The molecule has 0 aromatic heterocycles. The fourth-order valence-corrected chi connectivity index (χ4v) is 1.26. The van der Waals surface area contributed by atoms with E-state index in [0.717, 1.165) is 0 Å². The molecule has 78 valence electrons. The second-order valence-electron chi connectivity index (χ2n) is 2.93. The molecule has 1 aliphatic heterocycles. The molecule has 5 atom stereocenters. The fourth-order valence-electron chi connectivity index (χ4n) is 1.26. The van der Waals surface area contributed by atoms with Crippen molar-refractivity contribution in [2.24, 2.45) is 0 Å². The lowest BCUT2D eigenvalue weighted by molar-refractivity contribution is -0.294. The number of aliphatic hydroxyl groups excluding tert-OH is 4. The van der Waals surface area contributed by atoms with E-state index in [9.17, 15) is 15.3 Å². The summed E-state index contributed by atoms with van der Waals surface area (Å²) in [4.78, 5) is 0. The normalized spacial score (nSPS) is 46.4. The summed E-state index contributed by atoms with van der Waals surface area (Å²) in [5.41, 5.74) is 0. The number of methoxy groups -OCH3 is 1. The maximum absolute atomic E-state index is 9.28. The van der Waals surface area contributed by atoms with E-state index in [0.29, 0.717) is 0 Å². The molecular weight excluding hydrogens is 180 g/mol. The standard InChI is InChI=1S/C7H14O6/c1-12-7-6(11)5(10)4(9)3(2-8)13-7/h3-11H,2H2,1H3/t3-,4?,5-,6?,7?/m1/s1. The molecule has 0 aromatic rings. The number of hydrogen-bond donors (Lipinski definition) is 4. The van der Waals surface area contributed by atoms with Gasteiger partial charge >= 0.3 is 0 Å². The van der Waals surface area contributed by atoms with Gasteiger partial charge in [-0.25, -0.2) is 0 Å². The number of rotatable bonds is 2. The molecule has 1 rings (SSSR count). The second-order valence-corrected chi connectivity index (χ2v) is 2.93. The fraction of sp³-hybridized carbons (Fsp3) is 1.00. The predicted octanol–water partition coefficient (Wildman–Crippen LogP) is -2.57. The minimum Gasteiger partial charge on any atom is -0.394 e. The average molecular weight is 194 g/mol. The molecule has 4 N–H and O–H groups in total. The lowest BCUT2D eigenvalue weighted by Crippen LogP contribution is -2.58. The molecule has 6 heteroatoms. The van der Waals surface area contributed by atoms with Crippen molar-refractivity contribution in [2.45, 2.75) is 30.7 Å². The van der Waals surface area contributed by atoms with Crippen molar-refractivity contribution < 1.29 is 29.9 Å². The zero-order chi connectivity index (χ0) is 10.0. The Kier molecular flexibility index (Phi) is 3.60. The Morgan fingerprint density at radius 2 is 1.77 bits per heavy atom. The number of hydrogen-bond acceptors (Lipinski definition) is 6. The van der Waals surface area contributed by atoms with E-state index in [-0.39, 0.29) is 0 Å². The van der Waals surface area contributed by atoms with Crippen LogP contribution in [0.15, 0.2) is 0 Å². The number of aliphatic hydroxyl groups is 4. The third-order valence-electron chi connectivity index (χ3n) is 2.08. The van der Waals surface area contributed by atoms with Crippen molar-refractivity contribution in [1.29, 1.82) is 0 Å². The van der Waals surface area contributed by atoms with Crippen LogP contribution in [0.25, 0.3) is 0 Å². The summed E-state index contributed by atoms with van der Waals surface area (Å²) < 4.78 is 9.65. The van der Waals surface area contributed by atoms with Crippen LogP contribution in [-0.2, 0) is 9.47 Å². The van der Waals surface area contributed by atoms with E-state index < -0.39 is 37.3 Å². The van der Waals surface area contributed by atoms with Gasteiger partial charge in [0, 0.05) is 7.11 Å². The van der Waals surface area contributed by atoms with E-state index in [2.05, 4.69) is 0 Å². The van der Waals surface area contributed by atoms with Crippen LogP contribution in [0.5, 0.6) is 0 Å². The number of ether oxygens (including phenoxy) is 2. The molecule has 0 aliphatic carbocycles. The van der Waals surface area contributed by atoms with Crippen LogP contribution in [0, 0.1) is 0 Å². The van der Waals surface area contributed by atoms with Crippen molar-refractivity contribution in [2.75, 3.05) is 13.7 Å². The van der Waals surface area contributed by atoms with Crippen molar-refractivity contribution >= 4 is 0 Å². The summed E-state index contributed by atoms with van der Waals surface area (Å²) in [7, 11) is 1.30. The molecule has 13 heavy (non-hydrogen) atoms. The zero-order valence-electron chi connectivity index (χ0n) is 7.20. The highest BCUT2D eigenvalue weighted by molar-refractivity contribution is 4.88. The van der Waals surface area contributed by atoms with Gasteiger partial charge < -0.3 is 29.9 Å². The first-order valence-corrected chi connectivity index (χ1v) is 3.95. The molecule has 0 spiro atoms. The van der Waals surface area contributed by atoms with Crippen LogP contribution in [0.1, 0.15) is 0 Å². The van der Waals surface area contributed by atoms with Gasteiger partial charge in [-0.3, -0.25) is 0 Å². The third kappa shape index (κ3) is 1.98. The smallest absolute Gasteiger partial charge is 0.186 e. The van der Waals surface area contributed by atoms with Crippen molar-refractivity contribution in [3.05, 3.63) is 0 Å². The highest BCUT2D eigenvalue weighted by atomic mass is 16.7.